The van der Waals surface area contributed by atoms with Gasteiger partial charge in [0.05, 0.1) is 0 Å². The summed E-state index contributed by atoms with van der Waals surface area (Å²) in [4.78, 5) is 0. The van der Waals surface area contributed by atoms with Crippen molar-refractivity contribution in [2.45, 2.75) is 25.8 Å². The Morgan fingerprint density at radius 3 is 2.73 bits per heavy atom. The van der Waals surface area contributed by atoms with E-state index in [1.54, 1.807) is 0 Å². The summed E-state index contributed by atoms with van der Waals surface area (Å²) >= 11 is 0. The van der Waals surface area contributed by atoms with Gasteiger partial charge in [-0.3, -0.25) is 0 Å². The molecule has 0 heterocycles. The molecule has 0 aromatic rings. The predicted octanol–water partition coefficient (Wildman–Crippen LogP) is 2.17. The second-order valence-corrected chi connectivity index (χ2v) is 3.04. The van der Waals surface area contributed by atoms with Crippen molar-refractivity contribution in [3.63, 3.8) is 0 Å². The molecule has 60 valence electrons. The molecule has 0 saturated heterocycles. The molecule has 1 unspecified atom stereocenters. The van der Waals surface area contributed by atoms with Gasteiger partial charge in [0.25, 0.3) is 0 Å². The summed E-state index contributed by atoms with van der Waals surface area (Å²) in [5.74, 6) is 0. The fourth-order valence-corrected chi connectivity index (χ4v) is 1.43. The molecule has 1 atom stereocenters. The maximum absolute atomic E-state index is 5.79. The van der Waals surface area contributed by atoms with Crippen LogP contribution in [0.25, 0.3) is 0 Å². The molecule has 1 saturated carbocycles. The maximum atomic E-state index is 5.79. The molecule has 0 bridgehead atoms. The molecule has 11 heavy (non-hydrogen) atoms. The van der Waals surface area contributed by atoms with Gasteiger partial charge >= 0.3 is 0 Å². The van der Waals surface area contributed by atoms with Crippen LogP contribution in [0, 0.1) is 0 Å². The minimum absolute atomic E-state index is 0.180. The Morgan fingerprint density at radius 1 is 1.73 bits per heavy atom. The fourth-order valence-electron chi connectivity index (χ4n) is 1.43. The van der Waals surface area contributed by atoms with Crippen molar-refractivity contribution < 1.29 is 0 Å². The van der Waals surface area contributed by atoms with Crippen LogP contribution in [0.3, 0.4) is 0 Å². The molecular weight excluding hydrogens is 134 g/mol. The molecule has 1 rings (SSSR count). The second kappa shape index (κ2) is 3.05. The monoisotopic (exact) mass is 149 g/mol. The molecule has 0 aromatic carbocycles. The summed E-state index contributed by atoms with van der Waals surface area (Å²) < 4.78 is 0. The van der Waals surface area contributed by atoms with E-state index in [-0.39, 0.29) is 6.04 Å². The van der Waals surface area contributed by atoms with Crippen LogP contribution in [-0.2, 0) is 0 Å². The summed E-state index contributed by atoms with van der Waals surface area (Å²) in [6.45, 7) is 9.74. The van der Waals surface area contributed by atoms with E-state index in [2.05, 4.69) is 20.1 Å². The number of nitrogens with two attached hydrogens (primary N) is 1. The number of hydrogen-bond acceptors (Lipinski definition) is 1. The molecular formula is C10H15N. The van der Waals surface area contributed by atoms with Gasteiger partial charge in [-0.25, -0.2) is 0 Å². The smallest absolute Gasteiger partial charge is 0.0294 e. The molecule has 1 fully saturated rings. The van der Waals surface area contributed by atoms with Crippen LogP contribution in [0.5, 0.6) is 0 Å². The molecule has 1 nitrogen and oxygen atoms in total. The number of hydrogen-bond donors (Lipinski definition) is 1. The first-order chi connectivity index (χ1) is 5.16. The Labute approximate surface area is 68.3 Å². The van der Waals surface area contributed by atoms with E-state index in [1.165, 1.54) is 11.1 Å². The zero-order valence-corrected chi connectivity index (χ0v) is 7.06. The summed E-state index contributed by atoms with van der Waals surface area (Å²) in [7, 11) is 0. The Kier molecular flexibility index (Phi) is 2.30. The minimum atomic E-state index is 0.180. The van der Waals surface area contributed by atoms with Gasteiger partial charge in [-0.15, -0.1) is 0 Å². The Morgan fingerprint density at radius 2 is 2.36 bits per heavy atom. The molecule has 0 aromatic heterocycles. The molecule has 0 spiro atoms. The van der Waals surface area contributed by atoms with E-state index in [9.17, 15) is 0 Å². The van der Waals surface area contributed by atoms with E-state index in [0.29, 0.717) is 0 Å². The van der Waals surface area contributed by atoms with Crippen molar-refractivity contribution >= 4 is 0 Å². The molecule has 0 amide bonds. The van der Waals surface area contributed by atoms with Crippen molar-refractivity contribution in [1.82, 2.24) is 0 Å². The fraction of sp³-hybridized carbons (Fsp3) is 0.400. The van der Waals surface area contributed by atoms with Crippen molar-refractivity contribution in [3.8, 4) is 0 Å². The van der Waals surface area contributed by atoms with E-state index in [0.717, 1.165) is 18.4 Å². The van der Waals surface area contributed by atoms with Crippen LogP contribution in [0.4, 0.5) is 0 Å². The highest BCUT2D eigenvalue weighted by Crippen LogP contribution is 2.30. The molecule has 0 radical (unpaired) electrons. The Bertz CT molecular complexity index is 223. The van der Waals surface area contributed by atoms with Crippen LogP contribution in [0.15, 0.2) is 36.0 Å². The molecule has 2 N–H and O–H groups in total. The lowest BCUT2D eigenvalue weighted by Crippen LogP contribution is -2.16. The largest absolute Gasteiger partial charge is 0.324 e. The summed E-state index contributed by atoms with van der Waals surface area (Å²) in [6, 6.07) is 0.180. The predicted molar refractivity (Wildman–Crippen MR) is 49.2 cm³/mol. The highest BCUT2D eigenvalue weighted by atomic mass is 14.6. The summed E-state index contributed by atoms with van der Waals surface area (Å²) in [6.07, 6.45) is 3.98. The summed E-state index contributed by atoms with van der Waals surface area (Å²) in [5.41, 5.74) is 9.43. The van der Waals surface area contributed by atoms with Gasteiger partial charge in [0, 0.05) is 6.04 Å². The van der Waals surface area contributed by atoms with E-state index < -0.39 is 0 Å². The third kappa shape index (κ3) is 1.43. The highest BCUT2D eigenvalue weighted by Gasteiger charge is 2.20. The zero-order chi connectivity index (χ0) is 8.43. The standard InChI is InChI=1S/C10H15N/c1-4-7(2)9-5-6-10(11)8(9)3/h4,10H,1,3,5-6,11H2,2H3/b9-7-. The van der Waals surface area contributed by atoms with Crippen LogP contribution < -0.4 is 5.73 Å². The lowest BCUT2D eigenvalue weighted by atomic mass is 10.0. The van der Waals surface area contributed by atoms with Crippen molar-refractivity contribution in [2.24, 2.45) is 5.73 Å². The topological polar surface area (TPSA) is 26.0 Å². The first-order valence-electron chi connectivity index (χ1n) is 3.93. The van der Waals surface area contributed by atoms with Crippen LogP contribution in [0.2, 0.25) is 0 Å². The van der Waals surface area contributed by atoms with Gasteiger partial charge in [0.2, 0.25) is 0 Å². The van der Waals surface area contributed by atoms with Crippen LogP contribution >= 0.6 is 0 Å². The van der Waals surface area contributed by atoms with Crippen LogP contribution in [-0.4, -0.2) is 6.04 Å². The normalized spacial score (nSPS) is 28.9. The van der Waals surface area contributed by atoms with Crippen molar-refractivity contribution in [3.05, 3.63) is 36.0 Å². The van der Waals surface area contributed by atoms with Gasteiger partial charge < -0.3 is 5.73 Å². The Balaban J connectivity index is 2.92. The average Bonchev–Trinajstić information content (AvgIpc) is 2.32. The molecule has 0 aliphatic heterocycles. The first-order valence-corrected chi connectivity index (χ1v) is 3.93. The number of allylic oxidation sites excluding steroid dienone is 2. The SMILES string of the molecule is C=C/C(C)=C1/CCC(N)C1=C. The van der Waals surface area contributed by atoms with Gasteiger partial charge in [-0.2, -0.15) is 0 Å². The lowest BCUT2D eigenvalue weighted by Gasteiger charge is -2.04. The van der Waals surface area contributed by atoms with E-state index in [4.69, 9.17) is 5.73 Å². The van der Waals surface area contributed by atoms with E-state index in [1.807, 2.05) is 6.08 Å². The quantitative estimate of drug-likeness (QED) is 0.607. The summed E-state index contributed by atoms with van der Waals surface area (Å²) in [5, 5.41) is 0. The third-order valence-corrected chi connectivity index (χ3v) is 2.32. The molecule has 1 aliphatic carbocycles. The van der Waals surface area contributed by atoms with Gasteiger partial charge in [0.1, 0.15) is 0 Å². The van der Waals surface area contributed by atoms with Gasteiger partial charge in [-0.1, -0.05) is 19.2 Å². The van der Waals surface area contributed by atoms with Crippen molar-refractivity contribution in [2.75, 3.05) is 0 Å². The van der Waals surface area contributed by atoms with Crippen LogP contribution in [0.1, 0.15) is 19.8 Å². The average molecular weight is 149 g/mol. The number of rotatable bonds is 1. The third-order valence-electron chi connectivity index (χ3n) is 2.32. The van der Waals surface area contributed by atoms with Crippen molar-refractivity contribution in [1.29, 1.82) is 0 Å². The Hall–Kier alpha value is -0.820. The van der Waals surface area contributed by atoms with E-state index >= 15 is 0 Å². The molecule has 1 aliphatic rings. The minimum Gasteiger partial charge on any atom is -0.324 e. The first kappa shape index (κ1) is 8.28. The zero-order valence-electron chi connectivity index (χ0n) is 7.06. The second-order valence-electron chi connectivity index (χ2n) is 3.04. The molecule has 1 heteroatoms. The lowest BCUT2D eigenvalue weighted by molar-refractivity contribution is 0.780. The van der Waals surface area contributed by atoms with Gasteiger partial charge in [0.15, 0.2) is 0 Å². The van der Waals surface area contributed by atoms with Gasteiger partial charge in [-0.05, 0) is 36.5 Å². The maximum Gasteiger partial charge on any atom is 0.0294 e. The highest BCUT2D eigenvalue weighted by molar-refractivity contribution is 5.43.